The van der Waals surface area contributed by atoms with Crippen molar-refractivity contribution in [1.82, 2.24) is 5.32 Å². The molecule has 0 radical (unpaired) electrons. The van der Waals surface area contributed by atoms with Crippen LogP contribution >= 0.6 is 0 Å². The van der Waals surface area contributed by atoms with E-state index in [9.17, 15) is 0 Å². The molecule has 0 fully saturated rings. The van der Waals surface area contributed by atoms with Gasteiger partial charge >= 0.3 is 0 Å². The van der Waals surface area contributed by atoms with Crippen molar-refractivity contribution in [3.63, 3.8) is 0 Å². The quantitative estimate of drug-likeness (QED) is 0.676. The smallest absolute Gasteiger partial charge is 0.0633 e. The molecule has 1 aromatic rings. The van der Waals surface area contributed by atoms with E-state index in [2.05, 4.69) is 24.4 Å². The molecule has 0 aliphatic rings. The third kappa shape index (κ3) is 3.30. The lowest BCUT2D eigenvalue weighted by atomic mass is 10.0. The number of benzene rings is 1. The van der Waals surface area contributed by atoms with Gasteiger partial charge in [-0.3, -0.25) is 0 Å². The summed E-state index contributed by atoms with van der Waals surface area (Å²) in [6, 6.07) is 8.21. The summed E-state index contributed by atoms with van der Waals surface area (Å²) < 4.78 is 0. The van der Waals surface area contributed by atoms with Gasteiger partial charge in [0.1, 0.15) is 0 Å². The highest BCUT2D eigenvalue weighted by molar-refractivity contribution is 5.27. The largest absolute Gasteiger partial charge is 0.394 e. The molecule has 0 aliphatic carbocycles. The Morgan fingerprint density at radius 3 is 2.19 bits per heavy atom. The van der Waals surface area contributed by atoms with Gasteiger partial charge in [0.15, 0.2) is 0 Å². The van der Waals surface area contributed by atoms with Gasteiger partial charge < -0.3 is 15.5 Å². The first-order valence-electron chi connectivity index (χ1n) is 5.68. The van der Waals surface area contributed by atoms with Crippen LogP contribution in [-0.4, -0.2) is 29.0 Å². The number of rotatable bonds is 6. The zero-order chi connectivity index (χ0) is 12.0. The number of aliphatic hydroxyl groups excluding tert-OH is 2. The van der Waals surface area contributed by atoms with E-state index in [0.717, 1.165) is 6.42 Å². The molecule has 3 nitrogen and oxygen atoms in total. The van der Waals surface area contributed by atoms with Crippen LogP contribution in [0.2, 0.25) is 0 Å². The standard InChI is InChI=1S/C13H21NO2/c1-3-11-6-4-5-7-12(11)8-14-13(2,9-15)10-16/h4-7,14-16H,3,8-10H2,1-2H3. The summed E-state index contributed by atoms with van der Waals surface area (Å²) in [6.07, 6.45) is 0.993. The second-order valence-corrected chi connectivity index (χ2v) is 4.35. The van der Waals surface area contributed by atoms with Crippen LogP contribution in [0.3, 0.4) is 0 Å². The van der Waals surface area contributed by atoms with Gasteiger partial charge in [0.2, 0.25) is 0 Å². The van der Waals surface area contributed by atoms with E-state index in [4.69, 9.17) is 10.2 Å². The van der Waals surface area contributed by atoms with Crippen LogP contribution in [0.4, 0.5) is 0 Å². The topological polar surface area (TPSA) is 52.5 Å². The second-order valence-electron chi connectivity index (χ2n) is 4.35. The first-order valence-corrected chi connectivity index (χ1v) is 5.68. The van der Waals surface area contributed by atoms with Crippen molar-refractivity contribution in [1.29, 1.82) is 0 Å². The Balaban J connectivity index is 2.67. The van der Waals surface area contributed by atoms with Crippen molar-refractivity contribution in [3.8, 4) is 0 Å². The lowest BCUT2D eigenvalue weighted by molar-refractivity contribution is 0.103. The van der Waals surface area contributed by atoms with E-state index in [-0.39, 0.29) is 13.2 Å². The van der Waals surface area contributed by atoms with E-state index in [1.54, 1.807) is 0 Å². The Hall–Kier alpha value is -0.900. The monoisotopic (exact) mass is 223 g/mol. The molecule has 1 aromatic carbocycles. The summed E-state index contributed by atoms with van der Waals surface area (Å²) in [5.41, 5.74) is 1.91. The Labute approximate surface area is 97.1 Å². The van der Waals surface area contributed by atoms with E-state index in [0.29, 0.717) is 6.54 Å². The number of nitrogens with one attached hydrogen (secondary N) is 1. The van der Waals surface area contributed by atoms with Gasteiger partial charge in [-0.15, -0.1) is 0 Å². The van der Waals surface area contributed by atoms with E-state index in [1.165, 1.54) is 11.1 Å². The van der Waals surface area contributed by atoms with E-state index < -0.39 is 5.54 Å². The van der Waals surface area contributed by atoms with Crippen molar-refractivity contribution in [3.05, 3.63) is 35.4 Å². The average Bonchev–Trinajstić information content (AvgIpc) is 2.36. The predicted molar refractivity (Wildman–Crippen MR) is 65.2 cm³/mol. The maximum absolute atomic E-state index is 9.17. The fourth-order valence-corrected chi connectivity index (χ4v) is 1.55. The minimum atomic E-state index is -0.610. The molecule has 0 unspecified atom stereocenters. The van der Waals surface area contributed by atoms with Crippen molar-refractivity contribution >= 4 is 0 Å². The van der Waals surface area contributed by atoms with Crippen LogP contribution in [0.15, 0.2) is 24.3 Å². The van der Waals surface area contributed by atoms with Gasteiger partial charge in [-0.1, -0.05) is 31.2 Å². The molecular weight excluding hydrogens is 202 g/mol. The van der Waals surface area contributed by atoms with Crippen LogP contribution in [0.5, 0.6) is 0 Å². The average molecular weight is 223 g/mol. The summed E-state index contributed by atoms with van der Waals surface area (Å²) >= 11 is 0. The highest BCUT2D eigenvalue weighted by Crippen LogP contribution is 2.11. The summed E-state index contributed by atoms with van der Waals surface area (Å²) in [6.45, 7) is 4.45. The number of aliphatic hydroxyl groups is 2. The van der Waals surface area contributed by atoms with E-state index >= 15 is 0 Å². The highest BCUT2D eigenvalue weighted by atomic mass is 16.3. The molecule has 0 saturated carbocycles. The maximum atomic E-state index is 9.17. The predicted octanol–water partition coefficient (Wildman–Crippen LogP) is 1.08. The Kier molecular flexibility index (Phi) is 4.93. The lowest BCUT2D eigenvalue weighted by Gasteiger charge is -2.26. The molecule has 90 valence electrons. The number of aryl methyl sites for hydroxylation is 1. The van der Waals surface area contributed by atoms with Crippen LogP contribution in [0.25, 0.3) is 0 Å². The van der Waals surface area contributed by atoms with Gasteiger partial charge in [0.25, 0.3) is 0 Å². The zero-order valence-corrected chi connectivity index (χ0v) is 10.0. The van der Waals surface area contributed by atoms with Gasteiger partial charge in [-0.2, -0.15) is 0 Å². The SMILES string of the molecule is CCc1ccccc1CNC(C)(CO)CO. The van der Waals surface area contributed by atoms with Crippen molar-refractivity contribution < 1.29 is 10.2 Å². The second kappa shape index (κ2) is 5.99. The minimum absolute atomic E-state index is 0.0716. The Morgan fingerprint density at radius 2 is 1.69 bits per heavy atom. The van der Waals surface area contributed by atoms with Gasteiger partial charge in [0, 0.05) is 6.54 Å². The summed E-state index contributed by atoms with van der Waals surface area (Å²) in [7, 11) is 0. The van der Waals surface area contributed by atoms with Crippen LogP contribution in [0, 0.1) is 0 Å². The highest BCUT2D eigenvalue weighted by Gasteiger charge is 2.21. The molecule has 0 amide bonds. The first kappa shape index (κ1) is 13.2. The summed E-state index contributed by atoms with van der Waals surface area (Å²) in [5.74, 6) is 0. The first-order chi connectivity index (χ1) is 7.65. The van der Waals surface area contributed by atoms with Gasteiger partial charge in [-0.25, -0.2) is 0 Å². The maximum Gasteiger partial charge on any atom is 0.0633 e. The number of hydrogen-bond acceptors (Lipinski definition) is 3. The van der Waals surface area contributed by atoms with Gasteiger partial charge in [0.05, 0.1) is 18.8 Å². The normalized spacial score (nSPS) is 11.8. The van der Waals surface area contributed by atoms with Crippen molar-refractivity contribution in [2.75, 3.05) is 13.2 Å². The molecule has 0 saturated heterocycles. The fourth-order valence-electron chi connectivity index (χ4n) is 1.55. The molecule has 0 atom stereocenters. The third-order valence-corrected chi connectivity index (χ3v) is 2.90. The van der Waals surface area contributed by atoms with Crippen LogP contribution in [-0.2, 0) is 13.0 Å². The molecule has 16 heavy (non-hydrogen) atoms. The third-order valence-electron chi connectivity index (χ3n) is 2.90. The molecule has 3 N–H and O–H groups in total. The molecule has 0 heterocycles. The van der Waals surface area contributed by atoms with Crippen LogP contribution < -0.4 is 5.32 Å². The van der Waals surface area contributed by atoms with Crippen molar-refractivity contribution in [2.45, 2.75) is 32.4 Å². The fraction of sp³-hybridized carbons (Fsp3) is 0.538. The Morgan fingerprint density at radius 1 is 1.12 bits per heavy atom. The lowest BCUT2D eigenvalue weighted by Crippen LogP contribution is -2.48. The molecule has 0 aromatic heterocycles. The zero-order valence-electron chi connectivity index (χ0n) is 10.0. The molecule has 1 rings (SSSR count). The number of hydrogen-bond donors (Lipinski definition) is 3. The molecule has 0 bridgehead atoms. The van der Waals surface area contributed by atoms with Crippen LogP contribution in [0.1, 0.15) is 25.0 Å². The van der Waals surface area contributed by atoms with Crippen molar-refractivity contribution in [2.24, 2.45) is 0 Å². The summed E-state index contributed by atoms with van der Waals surface area (Å²) in [5, 5.41) is 21.5. The minimum Gasteiger partial charge on any atom is -0.394 e. The van der Waals surface area contributed by atoms with Gasteiger partial charge in [-0.05, 0) is 24.5 Å². The molecule has 0 aliphatic heterocycles. The van der Waals surface area contributed by atoms with E-state index in [1.807, 2.05) is 19.1 Å². The molecule has 0 spiro atoms. The molecule has 3 heteroatoms. The molecular formula is C13H21NO2. The summed E-state index contributed by atoms with van der Waals surface area (Å²) in [4.78, 5) is 0. The Bertz CT molecular complexity index is 321.